The molecule has 6 aromatic carbocycles. The van der Waals surface area contributed by atoms with Crippen LogP contribution in [0.2, 0.25) is 0 Å². The summed E-state index contributed by atoms with van der Waals surface area (Å²) in [6.45, 7) is 4.27. The molecule has 49 heavy (non-hydrogen) atoms. The Labute approximate surface area is 293 Å². The van der Waals surface area contributed by atoms with Crippen LogP contribution < -0.4 is 4.90 Å². The van der Waals surface area contributed by atoms with Gasteiger partial charge in [-0.2, -0.15) is 0 Å². The standard InChI is InChI=1S/C45H33NOS2/c1-3-9-33(10-4-2)46(34-21-15-29(16-22-34)31-20-26-43-39(27-31)36-11-5-7-13-41(36)48-43)35-23-17-30(18-24-35)32-19-25-37-40(28-32)47-44-38-12-6-8-14-42(38)49-45(37)44/h3,5-28H,4H2,1-2H3/b9-3-,33-10+. The first-order valence-corrected chi connectivity index (χ1v) is 18.4. The first kappa shape index (κ1) is 29.7. The zero-order valence-electron chi connectivity index (χ0n) is 27.3. The molecule has 0 amide bonds. The molecule has 236 valence electrons. The van der Waals surface area contributed by atoms with Crippen LogP contribution in [0, 0.1) is 0 Å². The van der Waals surface area contributed by atoms with E-state index in [0.717, 1.165) is 45.8 Å². The van der Waals surface area contributed by atoms with Gasteiger partial charge >= 0.3 is 0 Å². The van der Waals surface area contributed by atoms with Gasteiger partial charge in [-0.3, -0.25) is 0 Å². The van der Waals surface area contributed by atoms with Crippen LogP contribution in [0.3, 0.4) is 0 Å². The van der Waals surface area contributed by atoms with E-state index < -0.39 is 0 Å². The number of allylic oxidation sites excluding steroid dienone is 3. The highest BCUT2D eigenvalue weighted by Crippen LogP contribution is 2.42. The summed E-state index contributed by atoms with van der Waals surface area (Å²) < 4.78 is 11.6. The maximum atomic E-state index is 6.44. The molecule has 2 nitrogen and oxygen atoms in total. The molecular formula is C45H33NOS2. The van der Waals surface area contributed by atoms with Gasteiger partial charge in [0.2, 0.25) is 0 Å². The summed E-state index contributed by atoms with van der Waals surface area (Å²) in [4.78, 5) is 2.35. The molecule has 0 aliphatic rings. The van der Waals surface area contributed by atoms with Crippen molar-refractivity contribution in [1.29, 1.82) is 0 Å². The second kappa shape index (κ2) is 12.2. The van der Waals surface area contributed by atoms with E-state index in [0.29, 0.717) is 0 Å². The van der Waals surface area contributed by atoms with Crippen LogP contribution in [0.1, 0.15) is 20.3 Å². The van der Waals surface area contributed by atoms with E-state index in [1.807, 2.05) is 11.3 Å². The average molecular weight is 668 g/mol. The van der Waals surface area contributed by atoms with Crippen molar-refractivity contribution in [2.75, 3.05) is 4.90 Å². The topological polar surface area (TPSA) is 16.4 Å². The molecular weight excluding hydrogens is 635 g/mol. The van der Waals surface area contributed by atoms with Crippen molar-refractivity contribution in [2.45, 2.75) is 20.3 Å². The number of hydrogen-bond acceptors (Lipinski definition) is 4. The molecule has 3 aromatic heterocycles. The van der Waals surface area contributed by atoms with Gasteiger partial charge < -0.3 is 9.32 Å². The Hall–Kier alpha value is -5.42. The van der Waals surface area contributed by atoms with Gasteiger partial charge in [-0.1, -0.05) is 85.8 Å². The molecule has 0 unspecified atom stereocenters. The van der Waals surface area contributed by atoms with Crippen LogP contribution in [-0.2, 0) is 0 Å². The Balaban J connectivity index is 1.06. The van der Waals surface area contributed by atoms with E-state index in [9.17, 15) is 0 Å². The van der Waals surface area contributed by atoms with Gasteiger partial charge in [-0.25, -0.2) is 0 Å². The molecule has 0 fully saturated rings. The molecule has 3 heterocycles. The second-order valence-electron chi connectivity index (χ2n) is 12.3. The number of thiophene rings is 2. The maximum Gasteiger partial charge on any atom is 0.154 e. The third-order valence-electron chi connectivity index (χ3n) is 9.29. The van der Waals surface area contributed by atoms with Crippen LogP contribution >= 0.6 is 22.7 Å². The van der Waals surface area contributed by atoms with Gasteiger partial charge in [0, 0.05) is 52.7 Å². The van der Waals surface area contributed by atoms with Crippen LogP contribution in [0.4, 0.5) is 11.4 Å². The van der Waals surface area contributed by atoms with Crippen molar-refractivity contribution in [3.8, 4) is 22.3 Å². The number of fused-ring (bicyclic) bond motifs is 8. The Kier molecular flexibility index (Phi) is 7.41. The summed E-state index contributed by atoms with van der Waals surface area (Å²) in [7, 11) is 0. The smallest absolute Gasteiger partial charge is 0.154 e. The fraction of sp³-hybridized carbons (Fsp3) is 0.0667. The van der Waals surface area contributed by atoms with Gasteiger partial charge in [-0.15, -0.1) is 22.7 Å². The van der Waals surface area contributed by atoms with E-state index in [4.69, 9.17) is 4.42 Å². The minimum Gasteiger partial charge on any atom is -0.454 e. The summed E-state index contributed by atoms with van der Waals surface area (Å²) in [5, 5.41) is 5.01. The molecule has 0 spiro atoms. The Bertz CT molecular complexity index is 2700. The van der Waals surface area contributed by atoms with Crippen LogP contribution in [0.25, 0.3) is 73.8 Å². The summed E-state index contributed by atoms with van der Waals surface area (Å²) in [6, 6.07) is 48.5. The van der Waals surface area contributed by atoms with Crippen LogP contribution in [-0.4, -0.2) is 0 Å². The number of furan rings is 1. The van der Waals surface area contributed by atoms with Crippen molar-refractivity contribution in [3.05, 3.63) is 157 Å². The lowest BCUT2D eigenvalue weighted by atomic mass is 10.0. The van der Waals surface area contributed by atoms with E-state index in [2.05, 4.69) is 170 Å². The highest BCUT2D eigenvalue weighted by atomic mass is 32.1. The molecule has 4 heteroatoms. The predicted octanol–water partition coefficient (Wildman–Crippen LogP) is 14.5. The Morgan fingerprint density at radius 2 is 1.18 bits per heavy atom. The molecule has 0 radical (unpaired) electrons. The summed E-state index contributed by atoms with van der Waals surface area (Å²) >= 11 is 3.66. The Morgan fingerprint density at radius 1 is 0.592 bits per heavy atom. The van der Waals surface area contributed by atoms with Gasteiger partial charge in [-0.05, 0) is 108 Å². The average Bonchev–Trinajstić information content (AvgIpc) is 3.82. The quantitative estimate of drug-likeness (QED) is 0.157. The lowest BCUT2D eigenvalue weighted by Crippen LogP contribution is -2.15. The molecule has 0 aliphatic heterocycles. The summed E-state index contributed by atoms with van der Waals surface area (Å²) in [6.07, 6.45) is 7.54. The molecule has 0 bridgehead atoms. The van der Waals surface area contributed by atoms with Crippen molar-refractivity contribution < 1.29 is 4.42 Å². The van der Waals surface area contributed by atoms with Gasteiger partial charge in [0.05, 0.1) is 4.70 Å². The normalized spacial score (nSPS) is 12.4. The van der Waals surface area contributed by atoms with Crippen molar-refractivity contribution in [3.63, 3.8) is 0 Å². The minimum absolute atomic E-state index is 0.933. The van der Waals surface area contributed by atoms with E-state index in [-0.39, 0.29) is 0 Å². The number of hydrogen-bond donors (Lipinski definition) is 0. The molecule has 9 aromatic rings. The fourth-order valence-electron chi connectivity index (χ4n) is 6.96. The third kappa shape index (κ3) is 5.16. The first-order valence-electron chi connectivity index (χ1n) is 16.8. The summed E-state index contributed by atoms with van der Waals surface area (Å²) in [5.41, 5.74) is 10.1. The fourth-order valence-corrected chi connectivity index (χ4v) is 9.20. The predicted molar refractivity (Wildman–Crippen MR) is 215 cm³/mol. The lowest BCUT2D eigenvalue weighted by molar-refractivity contribution is 0.673. The SMILES string of the molecule is C/C=C\C(=C/CC)N(c1ccc(-c2ccc3c(c2)oc2c4ccccc4sc32)cc1)c1ccc(-c2ccc3sc4ccccc4c3c2)cc1. The molecule has 9 rings (SSSR count). The van der Waals surface area contributed by atoms with Gasteiger partial charge in [0.15, 0.2) is 5.58 Å². The summed E-state index contributed by atoms with van der Waals surface area (Å²) in [5.74, 6) is 0. The van der Waals surface area contributed by atoms with Crippen molar-refractivity contribution >= 4 is 85.6 Å². The van der Waals surface area contributed by atoms with Gasteiger partial charge in [0.25, 0.3) is 0 Å². The number of nitrogens with zero attached hydrogens (tertiary/aromatic N) is 1. The van der Waals surface area contributed by atoms with Crippen molar-refractivity contribution in [1.82, 2.24) is 0 Å². The highest BCUT2D eigenvalue weighted by Gasteiger charge is 2.16. The molecule has 0 atom stereocenters. The largest absolute Gasteiger partial charge is 0.454 e. The van der Waals surface area contributed by atoms with Crippen LogP contribution in [0.5, 0.6) is 0 Å². The Morgan fingerprint density at radius 3 is 1.88 bits per heavy atom. The second-order valence-corrected chi connectivity index (χ2v) is 14.5. The zero-order chi connectivity index (χ0) is 32.9. The van der Waals surface area contributed by atoms with Gasteiger partial charge in [0.1, 0.15) is 5.58 Å². The number of benzene rings is 6. The van der Waals surface area contributed by atoms with E-state index in [1.54, 1.807) is 11.3 Å². The monoisotopic (exact) mass is 667 g/mol. The molecule has 0 N–H and O–H groups in total. The first-order chi connectivity index (χ1) is 24.2. The highest BCUT2D eigenvalue weighted by molar-refractivity contribution is 7.26. The van der Waals surface area contributed by atoms with E-state index >= 15 is 0 Å². The third-order valence-corrected chi connectivity index (χ3v) is 11.6. The molecule has 0 saturated carbocycles. The number of anilines is 2. The zero-order valence-corrected chi connectivity index (χ0v) is 28.9. The maximum absolute atomic E-state index is 6.44. The minimum atomic E-state index is 0.933. The lowest BCUT2D eigenvalue weighted by Gasteiger charge is -2.27. The number of rotatable bonds is 7. The van der Waals surface area contributed by atoms with E-state index in [1.165, 1.54) is 51.5 Å². The molecule has 0 aliphatic carbocycles. The van der Waals surface area contributed by atoms with Crippen LogP contribution in [0.15, 0.2) is 162 Å². The molecule has 0 saturated heterocycles. The van der Waals surface area contributed by atoms with Crippen molar-refractivity contribution in [2.24, 2.45) is 0 Å².